The number of rotatable bonds is 5. The van der Waals surface area contributed by atoms with Crippen molar-refractivity contribution in [3.05, 3.63) is 41.6 Å². The van der Waals surface area contributed by atoms with Crippen LogP contribution < -0.4 is 0 Å². The van der Waals surface area contributed by atoms with Gasteiger partial charge in [0.05, 0.1) is 11.1 Å². The highest BCUT2D eigenvalue weighted by atomic mass is 35.5. The highest BCUT2D eigenvalue weighted by molar-refractivity contribution is 6.17. The smallest absolute Gasteiger partial charge is 0.254 e. The predicted molar refractivity (Wildman–Crippen MR) is 83.4 cm³/mol. The van der Waals surface area contributed by atoms with Gasteiger partial charge in [-0.3, -0.25) is 9.78 Å². The van der Waals surface area contributed by atoms with Crippen LogP contribution in [0.1, 0.15) is 29.4 Å². The number of aromatic nitrogens is 1. The molecule has 0 radical (unpaired) electrons. The van der Waals surface area contributed by atoms with Crippen LogP contribution in [0.15, 0.2) is 30.3 Å². The Hall–Kier alpha value is -1.61. The number of para-hydroxylation sites is 1. The highest BCUT2D eigenvalue weighted by Crippen LogP contribution is 2.20. The first-order valence-electron chi connectivity index (χ1n) is 6.89. The van der Waals surface area contributed by atoms with Gasteiger partial charge in [0, 0.05) is 30.0 Å². The summed E-state index contributed by atoms with van der Waals surface area (Å²) in [6.45, 7) is 5.28. The Kier molecular flexibility index (Phi) is 4.96. The maximum atomic E-state index is 12.7. The third-order valence-electron chi connectivity index (χ3n) is 3.31. The van der Waals surface area contributed by atoms with Gasteiger partial charge in [0.15, 0.2) is 0 Å². The minimum Gasteiger partial charge on any atom is -0.339 e. The average molecular weight is 291 g/mol. The van der Waals surface area contributed by atoms with E-state index in [0.717, 1.165) is 28.6 Å². The zero-order valence-electron chi connectivity index (χ0n) is 11.9. The number of hydrogen-bond acceptors (Lipinski definition) is 2. The fourth-order valence-electron chi connectivity index (χ4n) is 2.31. The Balaban J connectivity index is 2.42. The lowest BCUT2D eigenvalue weighted by Crippen LogP contribution is -2.32. The first kappa shape index (κ1) is 14.8. The summed E-state index contributed by atoms with van der Waals surface area (Å²) >= 11 is 5.73. The van der Waals surface area contributed by atoms with E-state index in [1.165, 1.54) is 0 Å². The molecule has 0 fully saturated rings. The summed E-state index contributed by atoms with van der Waals surface area (Å²) < 4.78 is 0. The van der Waals surface area contributed by atoms with E-state index >= 15 is 0 Å². The van der Waals surface area contributed by atoms with Crippen molar-refractivity contribution in [2.24, 2.45) is 0 Å². The van der Waals surface area contributed by atoms with E-state index in [9.17, 15) is 4.79 Å². The first-order valence-corrected chi connectivity index (χ1v) is 7.42. The molecule has 0 saturated carbocycles. The van der Waals surface area contributed by atoms with Gasteiger partial charge in [0.2, 0.25) is 0 Å². The van der Waals surface area contributed by atoms with Gasteiger partial charge >= 0.3 is 0 Å². The molecule has 0 atom stereocenters. The van der Waals surface area contributed by atoms with Gasteiger partial charge in [-0.25, -0.2) is 0 Å². The summed E-state index contributed by atoms with van der Waals surface area (Å²) in [5, 5.41) is 0.910. The molecule has 0 saturated heterocycles. The van der Waals surface area contributed by atoms with Crippen LogP contribution in [0.4, 0.5) is 0 Å². The monoisotopic (exact) mass is 290 g/mol. The number of pyridine rings is 1. The Morgan fingerprint density at radius 2 is 2.10 bits per heavy atom. The van der Waals surface area contributed by atoms with Gasteiger partial charge in [-0.1, -0.05) is 18.2 Å². The molecule has 3 nitrogen and oxygen atoms in total. The average Bonchev–Trinajstić information content (AvgIpc) is 2.46. The second-order valence-electron chi connectivity index (χ2n) is 4.76. The maximum Gasteiger partial charge on any atom is 0.254 e. The number of nitrogens with zero attached hydrogens (tertiary/aromatic N) is 2. The predicted octanol–water partition coefficient (Wildman–Crippen LogP) is 3.63. The molecule has 1 aromatic carbocycles. The molecule has 0 bridgehead atoms. The first-order chi connectivity index (χ1) is 9.67. The Bertz CT molecular complexity index is 612. The van der Waals surface area contributed by atoms with E-state index < -0.39 is 0 Å². The Morgan fingerprint density at radius 3 is 2.80 bits per heavy atom. The zero-order valence-corrected chi connectivity index (χ0v) is 12.7. The van der Waals surface area contributed by atoms with Gasteiger partial charge < -0.3 is 4.90 Å². The highest BCUT2D eigenvalue weighted by Gasteiger charge is 2.17. The van der Waals surface area contributed by atoms with E-state index in [4.69, 9.17) is 11.6 Å². The third-order valence-corrected chi connectivity index (χ3v) is 3.57. The largest absolute Gasteiger partial charge is 0.339 e. The molecule has 1 heterocycles. The quantitative estimate of drug-likeness (QED) is 0.788. The third kappa shape index (κ3) is 3.10. The lowest BCUT2D eigenvalue weighted by Gasteiger charge is -2.21. The Morgan fingerprint density at radius 1 is 1.35 bits per heavy atom. The minimum atomic E-state index is 0.0549. The minimum absolute atomic E-state index is 0.0549. The molecule has 2 aromatic rings. The molecule has 4 heteroatoms. The van der Waals surface area contributed by atoms with E-state index in [1.54, 1.807) is 0 Å². The molecule has 1 amide bonds. The fraction of sp³-hybridized carbons (Fsp3) is 0.375. The molecule has 20 heavy (non-hydrogen) atoms. The topological polar surface area (TPSA) is 33.2 Å². The van der Waals surface area contributed by atoms with Crippen LogP contribution in [-0.4, -0.2) is 34.8 Å². The normalized spacial score (nSPS) is 10.8. The van der Waals surface area contributed by atoms with Crippen LogP contribution >= 0.6 is 11.6 Å². The van der Waals surface area contributed by atoms with Crippen molar-refractivity contribution in [2.45, 2.75) is 20.3 Å². The summed E-state index contributed by atoms with van der Waals surface area (Å²) in [4.78, 5) is 19.0. The van der Waals surface area contributed by atoms with Crippen LogP contribution in [-0.2, 0) is 0 Å². The van der Waals surface area contributed by atoms with Crippen molar-refractivity contribution in [1.29, 1.82) is 0 Å². The maximum absolute atomic E-state index is 12.7. The van der Waals surface area contributed by atoms with Gasteiger partial charge in [0.25, 0.3) is 5.91 Å². The number of carbonyl (C=O) groups excluding carboxylic acids is 1. The zero-order chi connectivity index (χ0) is 14.5. The van der Waals surface area contributed by atoms with Crippen molar-refractivity contribution in [3.8, 4) is 0 Å². The molecule has 0 N–H and O–H groups in total. The van der Waals surface area contributed by atoms with Crippen molar-refractivity contribution in [3.63, 3.8) is 0 Å². The van der Waals surface area contributed by atoms with Gasteiger partial charge in [0.1, 0.15) is 0 Å². The molecule has 0 spiro atoms. The number of carbonyl (C=O) groups is 1. The van der Waals surface area contributed by atoms with Crippen LogP contribution in [0, 0.1) is 6.92 Å². The summed E-state index contributed by atoms with van der Waals surface area (Å²) in [7, 11) is 0. The van der Waals surface area contributed by atoms with Crippen molar-refractivity contribution >= 4 is 28.4 Å². The summed E-state index contributed by atoms with van der Waals surface area (Å²) in [5.41, 5.74) is 2.45. The summed E-state index contributed by atoms with van der Waals surface area (Å²) in [6, 6.07) is 9.63. The molecule has 106 valence electrons. The number of aryl methyl sites for hydroxylation is 1. The number of hydrogen-bond donors (Lipinski definition) is 0. The lowest BCUT2D eigenvalue weighted by molar-refractivity contribution is 0.0766. The van der Waals surface area contributed by atoms with Gasteiger partial charge in [-0.05, 0) is 32.4 Å². The van der Waals surface area contributed by atoms with Gasteiger partial charge in [-0.2, -0.15) is 0 Å². The second kappa shape index (κ2) is 6.71. The standard InChI is InChI=1S/C16H19ClN2O/c1-3-19(10-6-9-17)16(20)14-11-12(2)18-15-8-5-4-7-13(14)15/h4-5,7-8,11H,3,6,9-10H2,1-2H3. The van der Waals surface area contributed by atoms with E-state index in [1.807, 2.05) is 49.1 Å². The van der Waals surface area contributed by atoms with Crippen molar-refractivity contribution < 1.29 is 4.79 Å². The number of benzene rings is 1. The molecule has 0 aliphatic heterocycles. The molecule has 0 unspecified atom stereocenters. The second-order valence-corrected chi connectivity index (χ2v) is 5.13. The van der Waals surface area contributed by atoms with Crippen LogP contribution in [0.25, 0.3) is 10.9 Å². The molecule has 2 rings (SSSR count). The van der Waals surface area contributed by atoms with Crippen molar-refractivity contribution in [2.75, 3.05) is 19.0 Å². The van der Waals surface area contributed by atoms with Gasteiger partial charge in [-0.15, -0.1) is 11.6 Å². The fourth-order valence-corrected chi connectivity index (χ4v) is 2.43. The summed E-state index contributed by atoms with van der Waals surface area (Å²) in [5.74, 6) is 0.624. The number of halogens is 1. The van der Waals surface area contributed by atoms with E-state index in [2.05, 4.69) is 4.98 Å². The van der Waals surface area contributed by atoms with E-state index in [0.29, 0.717) is 19.0 Å². The van der Waals surface area contributed by atoms with E-state index in [-0.39, 0.29) is 5.91 Å². The Labute approximate surface area is 124 Å². The lowest BCUT2D eigenvalue weighted by atomic mass is 10.1. The molecular formula is C16H19ClN2O. The van der Waals surface area contributed by atoms with Crippen LogP contribution in [0.2, 0.25) is 0 Å². The van der Waals surface area contributed by atoms with Crippen LogP contribution in [0.5, 0.6) is 0 Å². The number of amides is 1. The molecule has 0 aliphatic carbocycles. The van der Waals surface area contributed by atoms with Crippen molar-refractivity contribution in [1.82, 2.24) is 9.88 Å². The number of fused-ring (bicyclic) bond motifs is 1. The molecule has 1 aromatic heterocycles. The SMILES string of the molecule is CCN(CCCCl)C(=O)c1cc(C)nc2ccccc12. The molecular weight excluding hydrogens is 272 g/mol. The number of alkyl halides is 1. The summed E-state index contributed by atoms with van der Waals surface area (Å²) in [6.07, 6.45) is 0.809. The molecule has 0 aliphatic rings. The van der Waals surface area contributed by atoms with Crippen LogP contribution in [0.3, 0.4) is 0 Å².